The lowest BCUT2D eigenvalue weighted by atomic mass is 10.3. The number of carbonyl (C=O) groups is 1. The summed E-state index contributed by atoms with van der Waals surface area (Å²) in [6.07, 6.45) is 2.93. The first-order chi connectivity index (χ1) is 11.3. The van der Waals surface area contributed by atoms with Gasteiger partial charge >= 0.3 is 0 Å². The number of benzene rings is 1. The number of hydrogen-bond donors (Lipinski definition) is 2. The van der Waals surface area contributed by atoms with E-state index >= 15 is 0 Å². The highest BCUT2D eigenvalue weighted by Crippen LogP contribution is 2.34. The minimum absolute atomic E-state index is 0.224. The Morgan fingerprint density at radius 2 is 2.04 bits per heavy atom. The second kappa shape index (κ2) is 6.93. The van der Waals surface area contributed by atoms with Crippen LogP contribution in [0.3, 0.4) is 0 Å². The van der Waals surface area contributed by atoms with Crippen LogP contribution >= 0.6 is 0 Å². The Labute approximate surface area is 132 Å². The van der Waals surface area contributed by atoms with Crippen molar-refractivity contribution in [2.45, 2.75) is 0 Å². The Hall–Kier alpha value is -2.87. The van der Waals surface area contributed by atoms with Crippen molar-refractivity contribution in [3.8, 4) is 11.5 Å². The van der Waals surface area contributed by atoms with Crippen molar-refractivity contribution in [2.24, 2.45) is 0 Å². The predicted molar refractivity (Wildman–Crippen MR) is 82.1 cm³/mol. The molecule has 1 aromatic heterocycles. The molecule has 0 spiro atoms. The Kier molecular flexibility index (Phi) is 4.53. The molecule has 23 heavy (non-hydrogen) atoms. The summed E-state index contributed by atoms with van der Waals surface area (Å²) in [5.41, 5.74) is 1.16. The van der Waals surface area contributed by atoms with Crippen molar-refractivity contribution >= 4 is 17.5 Å². The molecule has 8 heteroatoms. The number of ether oxygens (including phenoxy) is 3. The molecule has 0 aliphatic carbocycles. The third-order valence-corrected chi connectivity index (χ3v) is 3.13. The molecule has 120 valence electrons. The summed E-state index contributed by atoms with van der Waals surface area (Å²) < 4.78 is 15.4. The SMILES string of the molecule is COCCNC(=O)c1cnc(Nc2ccc3c(c2)OCO3)nc1. The van der Waals surface area contributed by atoms with Gasteiger partial charge in [-0.05, 0) is 12.1 Å². The number of nitrogens with one attached hydrogen (secondary N) is 2. The molecule has 0 radical (unpaired) electrons. The Balaban J connectivity index is 1.62. The highest BCUT2D eigenvalue weighted by molar-refractivity contribution is 5.93. The number of rotatable bonds is 6. The van der Waals surface area contributed by atoms with Crippen LogP contribution in [0.15, 0.2) is 30.6 Å². The predicted octanol–water partition coefficient (Wildman–Crippen LogP) is 1.33. The second-order valence-electron chi connectivity index (χ2n) is 4.74. The molecule has 0 saturated carbocycles. The first-order valence-electron chi connectivity index (χ1n) is 7.02. The van der Waals surface area contributed by atoms with Crippen LogP contribution in [-0.2, 0) is 4.74 Å². The lowest BCUT2D eigenvalue weighted by molar-refractivity contribution is 0.0936. The number of methoxy groups -OCH3 is 1. The number of hydrogen-bond acceptors (Lipinski definition) is 7. The van der Waals surface area contributed by atoms with Crippen LogP contribution < -0.4 is 20.1 Å². The first-order valence-corrected chi connectivity index (χ1v) is 7.02. The number of nitrogens with zero attached hydrogens (tertiary/aromatic N) is 2. The van der Waals surface area contributed by atoms with Gasteiger partial charge < -0.3 is 24.8 Å². The minimum Gasteiger partial charge on any atom is -0.454 e. The van der Waals surface area contributed by atoms with E-state index in [0.29, 0.717) is 36.2 Å². The molecule has 0 fully saturated rings. The third-order valence-electron chi connectivity index (χ3n) is 3.13. The average molecular weight is 316 g/mol. The van der Waals surface area contributed by atoms with Gasteiger partial charge in [0.05, 0.1) is 12.2 Å². The number of amides is 1. The van der Waals surface area contributed by atoms with Gasteiger partial charge in [0.2, 0.25) is 12.7 Å². The van der Waals surface area contributed by atoms with Gasteiger partial charge in [0, 0.05) is 37.8 Å². The number of carbonyl (C=O) groups excluding carboxylic acids is 1. The van der Waals surface area contributed by atoms with E-state index in [9.17, 15) is 4.79 Å². The zero-order valence-corrected chi connectivity index (χ0v) is 12.5. The normalized spacial score (nSPS) is 12.0. The molecule has 2 aromatic rings. The van der Waals surface area contributed by atoms with E-state index in [1.807, 2.05) is 12.1 Å². The maximum atomic E-state index is 11.8. The van der Waals surface area contributed by atoms with Crippen LogP contribution in [0.5, 0.6) is 11.5 Å². The molecular formula is C15H16N4O4. The highest BCUT2D eigenvalue weighted by Gasteiger charge is 2.13. The molecule has 0 bridgehead atoms. The lowest BCUT2D eigenvalue weighted by Crippen LogP contribution is -2.27. The van der Waals surface area contributed by atoms with E-state index in [1.165, 1.54) is 12.4 Å². The monoisotopic (exact) mass is 316 g/mol. The quantitative estimate of drug-likeness (QED) is 0.776. The molecule has 0 atom stereocenters. The molecular weight excluding hydrogens is 300 g/mol. The van der Waals surface area contributed by atoms with Crippen LogP contribution in [0.1, 0.15) is 10.4 Å². The zero-order chi connectivity index (χ0) is 16.1. The average Bonchev–Trinajstić information content (AvgIpc) is 3.03. The molecule has 1 amide bonds. The Morgan fingerprint density at radius 3 is 2.83 bits per heavy atom. The topological polar surface area (TPSA) is 94.6 Å². The van der Waals surface area contributed by atoms with Gasteiger partial charge in [0.1, 0.15) is 0 Å². The number of anilines is 2. The summed E-state index contributed by atoms with van der Waals surface area (Å²) in [5, 5.41) is 5.75. The largest absolute Gasteiger partial charge is 0.454 e. The van der Waals surface area contributed by atoms with Gasteiger partial charge in [0.15, 0.2) is 11.5 Å². The number of fused-ring (bicyclic) bond motifs is 1. The van der Waals surface area contributed by atoms with Crippen LogP contribution in [0.2, 0.25) is 0 Å². The fraction of sp³-hybridized carbons (Fsp3) is 0.267. The molecule has 2 N–H and O–H groups in total. The van der Waals surface area contributed by atoms with Gasteiger partial charge in [-0.25, -0.2) is 9.97 Å². The standard InChI is InChI=1S/C15H16N4O4/c1-21-5-4-16-14(20)10-7-17-15(18-8-10)19-11-2-3-12-13(6-11)23-9-22-12/h2-3,6-8H,4-5,9H2,1H3,(H,16,20)(H,17,18,19). The van der Waals surface area contributed by atoms with Crippen LogP contribution in [0.4, 0.5) is 11.6 Å². The highest BCUT2D eigenvalue weighted by atomic mass is 16.7. The van der Waals surface area contributed by atoms with E-state index in [-0.39, 0.29) is 12.7 Å². The van der Waals surface area contributed by atoms with Crippen molar-refractivity contribution in [2.75, 3.05) is 32.4 Å². The summed E-state index contributed by atoms with van der Waals surface area (Å²) in [5.74, 6) is 1.53. The summed E-state index contributed by atoms with van der Waals surface area (Å²) in [4.78, 5) is 20.1. The maximum absolute atomic E-state index is 11.8. The van der Waals surface area contributed by atoms with E-state index in [0.717, 1.165) is 5.69 Å². The van der Waals surface area contributed by atoms with E-state index in [1.54, 1.807) is 13.2 Å². The van der Waals surface area contributed by atoms with Gasteiger partial charge in [-0.3, -0.25) is 4.79 Å². The van der Waals surface area contributed by atoms with Crippen molar-refractivity contribution in [3.05, 3.63) is 36.2 Å². The fourth-order valence-corrected chi connectivity index (χ4v) is 1.98. The van der Waals surface area contributed by atoms with E-state index in [2.05, 4.69) is 20.6 Å². The third kappa shape index (κ3) is 3.67. The maximum Gasteiger partial charge on any atom is 0.254 e. The summed E-state index contributed by atoms with van der Waals surface area (Å²) in [6.45, 7) is 1.12. The molecule has 0 unspecified atom stereocenters. The first kappa shape index (κ1) is 15.0. The van der Waals surface area contributed by atoms with Crippen LogP contribution in [0, 0.1) is 0 Å². The smallest absolute Gasteiger partial charge is 0.254 e. The van der Waals surface area contributed by atoms with Crippen molar-refractivity contribution in [1.82, 2.24) is 15.3 Å². The molecule has 3 rings (SSSR count). The van der Waals surface area contributed by atoms with Gasteiger partial charge in [-0.15, -0.1) is 0 Å². The Bertz CT molecular complexity index is 690. The van der Waals surface area contributed by atoms with Gasteiger partial charge in [-0.1, -0.05) is 0 Å². The summed E-state index contributed by atoms with van der Waals surface area (Å²) in [7, 11) is 1.58. The molecule has 0 saturated heterocycles. The van der Waals surface area contributed by atoms with Crippen molar-refractivity contribution in [1.29, 1.82) is 0 Å². The Morgan fingerprint density at radius 1 is 1.26 bits per heavy atom. The van der Waals surface area contributed by atoms with Crippen molar-refractivity contribution < 1.29 is 19.0 Å². The van der Waals surface area contributed by atoms with Crippen LogP contribution in [-0.4, -0.2) is 42.9 Å². The van der Waals surface area contributed by atoms with Crippen LogP contribution in [0.25, 0.3) is 0 Å². The molecule has 2 heterocycles. The molecule has 8 nitrogen and oxygen atoms in total. The van der Waals surface area contributed by atoms with E-state index < -0.39 is 0 Å². The summed E-state index contributed by atoms with van der Waals surface area (Å²) >= 11 is 0. The minimum atomic E-state index is -0.239. The zero-order valence-electron chi connectivity index (χ0n) is 12.5. The van der Waals surface area contributed by atoms with Crippen molar-refractivity contribution in [3.63, 3.8) is 0 Å². The molecule has 1 aliphatic heterocycles. The lowest BCUT2D eigenvalue weighted by Gasteiger charge is -2.07. The molecule has 1 aliphatic rings. The number of aromatic nitrogens is 2. The van der Waals surface area contributed by atoms with E-state index in [4.69, 9.17) is 14.2 Å². The fourth-order valence-electron chi connectivity index (χ4n) is 1.98. The molecule has 1 aromatic carbocycles. The van der Waals surface area contributed by atoms with Gasteiger partial charge in [-0.2, -0.15) is 0 Å². The summed E-state index contributed by atoms with van der Waals surface area (Å²) in [6, 6.07) is 5.45. The van der Waals surface area contributed by atoms with Gasteiger partial charge in [0.25, 0.3) is 5.91 Å². The second-order valence-corrected chi connectivity index (χ2v) is 4.74.